The van der Waals surface area contributed by atoms with Crippen LogP contribution in [0.15, 0.2) is 17.1 Å². The normalized spacial score (nSPS) is 13.3. The quantitative estimate of drug-likeness (QED) is 0.485. The number of hydrogen-bond acceptors (Lipinski definition) is 2. The lowest BCUT2D eigenvalue weighted by molar-refractivity contribution is 0.259. The maximum Gasteiger partial charge on any atom is 0.208 e. The Morgan fingerprint density at radius 3 is 2.31 bits per heavy atom. The van der Waals surface area contributed by atoms with Crippen LogP contribution in [-0.2, 0) is 4.74 Å². The average molecular weight is 183 g/mol. The van der Waals surface area contributed by atoms with E-state index in [1.165, 1.54) is 0 Å². The molecule has 0 aliphatic heterocycles. The van der Waals surface area contributed by atoms with Gasteiger partial charge < -0.3 is 4.74 Å². The van der Waals surface area contributed by atoms with Crippen LogP contribution in [-0.4, -0.2) is 18.5 Å². The van der Waals surface area contributed by atoms with Crippen LogP contribution in [0, 0.1) is 5.92 Å². The minimum absolute atomic E-state index is 0.290. The van der Waals surface area contributed by atoms with E-state index < -0.39 is 0 Å². The molecule has 0 aromatic rings. The highest BCUT2D eigenvalue weighted by molar-refractivity contribution is 5.87. The number of allylic oxidation sites excluding steroid dienone is 1. The number of hydrogen-bond donors (Lipinski definition) is 0. The van der Waals surface area contributed by atoms with Gasteiger partial charge in [0, 0.05) is 6.04 Å². The van der Waals surface area contributed by atoms with Crippen molar-refractivity contribution in [2.75, 3.05) is 6.61 Å². The highest BCUT2D eigenvalue weighted by Crippen LogP contribution is 1.97. The van der Waals surface area contributed by atoms with Crippen molar-refractivity contribution in [3.8, 4) is 0 Å². The fraction of sp³-hybridized carbons (Fsp3) is 0.727. The van der Waals surface area contributed by atoms with Crippen molar-refractivity contribution in [1.82, 2.24) is 0 Å². The Labute approximate surface area is 81.7 Å². The van der Waals surface area contributed by atoms with Gasteiger partial charge in [0.2, 0.25) is 5.90 Å². The summed E-state index contributed by atoms with van der Waals surface area (Å²) in [4.78, 5) is 4.35. The van der Waals surface area contributed by atoms with Crippen LogP contribution in [0.4, 0.5) is 0 Å². The van der Waals surface area contributed by atoms with Crippen LogP contribution in [0.2, 0.25) is 0 Å². The van der Waals surface area contributed by atoms with Crippen molar-refractivity contribution in [3.63, 3.8) is 0 Å². The summed E-state index contributed by atoms with van der Waals surface area (Å²) in [5, 5.41) is 0. The van der Waals surface area contributed by atoms with Gasteiger partial charge in [-0.1, -0.05) is 19.9 Å². The first-order valence-electron chi connectivity index (χ1n) is 4.89. The van der Waals surface area contributed by atoms with Gasteiger partial charge in [-0.15, -0.1) is 0 Å². The number of nitrogens with zero attached hydrogens (tertiary/aromatic N) is 1. The van der Waals surface area contributed by atoms with E-state index in [9.17, 15) is 0 Å². The van der Waals surface area contributed by atoms with Gasteiger partial charge in [0.25, 0.3) is 0 Å². The smallest absolute Gasteiger partial charge is 0.208 e. The number of aliphatic imine (C=N–C) groups is 1. The zero-order valence-corrected chi connectivity index (χ0v) is 9.37. The maximum atomic E-state index is 5.52. The zero-order chi connectivity index (χ0) is 10.3. The molecule has 2 heteroatoms. The Morgan fingerprint density at radius 1 is 1.31 bits per heavy atom. The van der Waals surface area contributed by atoms with E-state index in [0.29, 0.717) is 12.0 Å². The summed E-state index contributed by atoms with van der Waals surface area (Å²) in [6.07, 6.45) is 3.85. The lowest BCUT2D eigenvalue weighted by Gasteiger charge is -2.09. The van der Waals surface area contributed by atoms with Crippen LogP contribution in [0.3, 0.4) is 0 Å². The minimum Gasteiger partial charge on any atom is -0.478 e. The Kier molecular flexibility index (Phi) is 6.29. The third-order valence-corrected chi connectivity index (χ3v) is 1.26. The third kappa shape index (κ3) is 7.57. The Hall–Kier alpha value is -0.790. The first-order chi connectivity index (χ1) is 6.06. The van der Waals surface area contributed by atoms with Crippen LogP contribution in [0.5, 0.6) is 0 Å². The molecular weight excluding hydrogens is 162 g/mol. The molecule has 0 bridgehead atoms. The van der Waals surface area contributed by atoms with Crippen LogP contribution in [0.1, 0.15) is 34.6 Å². The van der Waals surface area contributed by atoms with E-state index in [2.05, 4.69) is 18.8 Å². The van der Waals surface area contributed by atoms with Crippen LogP contribution >= 0.6 is 0 Å². The first kappa shape index (κ1) is 12.2. The van der Waals surface area contributed by atoms with Crippen LogP contribution < -0.4 is 0 Å². The molecule has 0 aromatic heterocycles. The predicted molar refractivity (Wildman–Crippen MR) is 58.2 cm³/mol. The van der Waals surface area contributed by atoms with Gasteiger partial charge in [0.05, 0.1) is 6.61 Å². The fourth-order valence-corrected chi connectivity index (χ4v) is 0.778. The maximum absolute atomic E-state index is 5.52. The molecule has 76 valence electrons. The van der Waals surface area contributed by atoms with Crippen LogP contribution in [0.25, 0.3) is 0 Å². The monoisotopic (exact) mass is 183 g/mol. The molecule has 0 unspecified atom stereocenters. The van der Waals surface area contributed by atoms with E-state index in [-0.39, 0.29) is 0 Å². The van der Waals surface area contributed by atoms with Crippen molar-refractivity contribution in [3.05, 3.63) is 12.2 Å². The first-order valence-corrected chi connectivity index (χ1v) is 4.89. The molecule has 0 saturated carbocycles. The highest BCUT2D eigenvalue weighted by Gasteiger charge is 1.99. The Morgan fingerprint density at radius 2 is 1.92 bits per heavy atom. The second-order valence-electron chi connectivity index (χ2n) is 3.77. The van der Waals surface area contributed by atoms with Gasteiger partial charge in [0.1, 0.15) is 0 Å². The van der Waals surface area contributed by atoms with Gasteiger partial charge in [-0.3, -0.25) is 0 Å². The Bertz CT molecular complexity index is 181. The summed E-state index contributed by atoms with van der Waals surface area (Å²) in [5.41, 5.74) is 0. The minimum atomic E-state index is 0.290. The summed E-state index contributed by atoms with van der Waals surface area (Å²) in [6.45, 7) is 11.0. The van der Waals surface area contributed by atoms with Gasteiger partial charge in [-0.25, -0.2) is 4.99 Å². The molecule has 0 N–H and O–H groups in total. The van der Waals surface area contributed by atoms with E-state index in [0.717, 1.165) is 12.5 Å². The summed E-state index contributed by atoms with van der Waals surface area (Å²) in [5.74, 6) is 1.29. The number of rotatable bonds is 4. The zero-order valence-electron chi connectivity index (χ0n) is 9.37. The molecule has 13 heavy (non-hydrogen) atoms. The van der Waals surface area contributed by atoms with Crippen molar-refractivity contribution < 1.29 is 4.74 Å². The summed E-state index contributed by atoms with van der Waals surface area (Å²) >= 11 is 0. The van der Waals surface area contributed by atoms with Gasteiger partial charge in [-0.2, -0.15) is 0 Å². The van der Waals surface area contributed by atoms with Crippen molar-refractivity contribution in [2.45, 2.75) is 40.7 Å². The largest absolute Gasteiger partial charge is 0.478 e. The molecular formula is C11H21NO. The lowest BCUT2D eigenvalue weighted by Crippen LogP contribution is -2.10. The molecule has 0 heterocycles. The molecule has 0 saturated heterocycles. The van der Waals surface area contributed by atoms with Crippen molar-refractivity contribution in [2.24, 2.45) is 10.9 Å². The molecule has 2 nitrogen and oxygen atoms in total. The molecule has 0 amide bonds. The lowest BCUT2D eigenvalue weighted by atomic mass is 10.2. The van der Waals surface area contributed by atoms with E-state index in [4.69, 9.17) is 4.74 Å². The SMILES string of the molecule is C/C=C\C(=NC(C)C)OCC(C)C. The summed E-state index contributed by atoms with van der Waals surface area (Å²) < 4.78 is 5.52. The second kappa shape index (κ2) is 6.70. The number of ether oxygens (including phenoxy) is 1. The fourth-order valence-electron chi connectivity index (χ4n) is 0.778. The molecule has 0 radical (unpaired) electrons. The molecule has 0 aliphatic rings. The van der Waals surface area contributed by atoms with E-state index in [1.54, 1.807) is 0 Å². The highest BCUT2D eigenvalue weighted by atomic mass is 16.5. The standard InChI is InChI=1S/C11H21NO/c1-6-7-11(12-10(4)5)13-8-9(2)3/h6-7,9-10H,8H2,1-5H3/b7-6-,12-11?. The van der Waals surface area contributed by atoms with Crippen molar-refractivity contribution in [1.29, 1.82) is 0 Å². The van der Waals surface area contributed by atoms with Crippen molar-refractivity contribution >= 4 is 5.90 Å². The molecule has 0 atom stereocenters. The summed E-state index contributed by atoms with van der Waals surface area (Å²) in [6, 6.07) is 0.290. The van der Waals surface area contributed by atoms with Gasteiger partial charge >= 0.3 is 0 Å². The van der Waals surface area contributed by atoms with Gasteiger partial charge in [-0.05, 0) is 32.8 Å². The molecule has 0 fully saturated rings. The molecule has 0 aliphatic carbocycles. The second-order valence-corrected chi connectivity index (χ2v) is 3.77. The van der Waals surface area contributed by atoms with E-state index in [1.807, 2.05) is 32.9 Å². The Balaban J connectivity index is 4.10. The molecule has 0 spiro atoms. The summed E-state index contributed by atoms with van der Waals surface area (Å²) in [7, 11) is 0. The van der Waals surface area contributed by atoms with Gasteiger partial charge in [0.15, 0.2) is 0 Å². The predicted octanol–water partition coefficient (Wildman–Crippen LogP) is 3.04. The average Bonchev–Trinajstić information content (AvgIpc) is 1.99. The topological polar surface area (TPSA) is 21.6 Å². The van der Waals surface area contributed by atoms with E-state index >= 15 is 0 Å². The third-order valence-electron chi connectivity index (χ3n) is 1.26. The molecule has 0 aromatic carbocycles. The molecule has 0 rings (SSSR count).